The summed E-state index contributed by atoms with van der Waals surface area (Å²) in [5.74, 6) is -6.36. The Kier molecular flexibility index (Phi) is 6.60. The van der Waals surface area contributed by atoms with Crippen LogP contribution in [0, 0.1) is 17.5 Å². The number of ether oxygens (including phenoxy) is 1. The van der Waals surface area contributed by atoms with Crippen molar-refractivity contribution < 1.29 is 41.3 Å². The van der Waals surface area contributed by atoms with E-state index in [9.17, 15) is 31.4 Å². The Morgan fingerprint density at radius 1 is 1.00 bits per heavy atom. The largest absolute Gasteiger partial charge is 0.446 e. The average Bonchev–Trinajstić information content (AvgIpc) is 2.56. The molecule has 0 bridgehead atoms. The Bertz CT molecular complexity index is 808. The molecule has 0 spiro atoms. The quantitative estimate of drug-likeness (QED) is 0.558. The van der Waals surface area contributed by atoms with Crippen molar-refractivity contribution in [2.24, 2.45) is 0 Å². The molecular weight excluding hydrogens is 448 g/mol. The number of anilines is 1. The van der Waals surface area contributed by atoms with E-state index in [4.69, 9.17) is 9.84 Å². The molecule has 1 unspecified atom stereocenters. The molecule has 0 aliphatic heterocycles. The molecule has 0 aliphatic rings. The van der Waals surface area contributed by atoms with Gasteiger partial charge in [0.1, 0.15) is 0 Å². The van der Waals surface area contributed by atoms with Gasteiger partial charge in [-0.25, -0.2) is 13.2 Å². The molecule has 4 nitrogen and oxygen atoms in total. The van der Waals surface area contributed by atoms with Crippen molar-refractivity contribution in [2.45, 2.75) is 12.3 Å². The first-order valence-corrected chi connectivity index (χ1v) is 8.08. The fourth-order valence-corrected chi connectivity index (χ4v) is 2.44. The molecule has 0 amide bonds. The molecule has 0 fully saturated rings. The third-order valence-electron chi connectivity index (χ3n) is 3.28. The number of hydrogen-bond donors (Lipinski definition) is 3. The standard InChI is InChI=1S/C16H12BrF6NO3/c17-8-3-12(20)15(13(4-8)24-5-9(26)6-25)27-14-10(18)1-7(2-11(14)19)16(21,22)23/h1-4,9,24-26H,5-6H2. The summed E-state index contributed by atoms with van der Waals surface area (Å²) in [7, 11) is 0. The fourth-order valence-electron chi connectivity index (χ4n) is 2.01. The molecule has 0 heterocycles. The highest BCUT2D eigenvalue weighted by Crippen LogP contribution is 2.39. The monoisotopic (exact) mass is 459 g/mol. The SMILES string of the molecule is OCC(O)CNc1cc(Br)cc(F)c1Oc1c(F)cc(C(F)(F)F)cc1F. The van der Waals surface area contributed by atoms with Crippen LogP contribution in [0.25, 0.3) is 0 Å². The van der Waals surface area contributed by atoms with Crippen LogP contribution in [0.3, 0.4) is 0 Å². The van der Waals surface area contributed by atoms with E-state index in [0.29, 0.717) is 0 Å². The van der Waals surface area contributed by atoms with E-state index < -0.39 is 53.4 Å². The third-order valence-corrected chi connectivity index (χ3v) is 3.73. The van der Waals surface area contributed by atoms with Crippen molar-refractivity contribution in [2.75, 3.05) is 18.5 Å². The lowest BCUT2D eigenvalue weighted by molar-refractivity contribution is -0.138. The lowest BCUT2D eigenvalue weighted by Crippen LogP contribution is -2.23. The van der Waals surface area contributed by atoms with Crippen LogP contribution < -0.4 is 10.1 Å². The Balaban J connectivity index is 2.42. The summed E-state index contributed by atoms with van der Waals surface area (Å²) in [5.41, 5.74) is -1.72. The van der Waals surface area contributed by atoms with Gasteiger partial charge in [-0.1, -0.05) is 15.9 Å². The molecule has 0 aliphatic carbocycles. The van der Waals surface area contributed by atoms with Crippen molar-refractivity contribution in [3.8, 4) is 11.5 Å². The highest BCUT2D eigenvalue weighted by atomic mass is 79.9. The summed E-state index contributed by atoms with van der Waals surface area (Å²) in [5, 5.41) is 20.7. The molecule has 2 aromatic carbocycles. The summed E-state index contributed by atoms with van der Waals surface area (Å²) in [6.07, 6.45) is -6.20. The summed E-state index contributed by atoms with van der Waals surface area (Å²) in [4.78, 5) is 0. The molecule has 11 heteroatoms. The lowest BCUT2D eigenvalue weighted by atomic mass is 10.2. The minimum absolute atomic E-state index is 0.0256. The second-order valence-corrected chi connectivity index (χ2v) is 6.27. The molecule has 2 rings (SSSR count). The molecular formula is C16H12BrF6NO3. The first-order valence-electron chi connectivity index (χ1n) is 7.29. The minimum Gasteiger partial charge on any atom is -0.446 e. The normalized spacial score (nSPS) is 12.8. The topological polar surface area (TPSA) is 61.7 Å². The summed E-state index contributed by atoms with van der Waals surface area (Å²) in [6, 6.07) is 2.21. The molecule has 1 atom stereocenters. The Morgan fingerprint density at radius 3 is 2.07 bits per heavy atom. The van der Waals surface area contributed by atoms with Gasteiger partial charge >= 0.3 is 6.18 Å². The van der Waals surface area contributed by atoms with Crippen LogP contribution in [0.2, 0.25) is 0 Å². The number of hydrogen-bond acceptors (Lipinski definition) is 4. The minimum atomic E-state index is -4.98. The number of alkyl halides is 3. The first kappa shape index (κ1) is 21.3. The van der Waals surface area contributed by atoms with Gasteiger partial charge in [0.25, 0.3) is 0 Å². The second kappa shape index (κ2) is 8.36. The van der Waals surface area contributed by atoms with Crippen molar-refractivity contribution >= 4 is 21.6 Å². The maximum atomic E-state index is 14.2. The Hall–Kier alpha value is -1.98. The van der Waals surface area contributed by atoms with Crippen LogP contribution in [0.4, 0.5) is 32.0 Å². The molecule has 0 radical (unpaired) electrons. The van der Waals surface area contributed by atoms with Gasteiger partial charge in [-0.15, -0.1) is 0 Å². The molecule has 3 N–H and O–H groups in total. The first-order chi connectivity index (χ1) is 12.5. The number of aliphatic hydroxyl groups is 2. The second-order valence-electron chi connectivity index (χ2n) is 5.35. The maximum Gasteiger partial charge on any atom is 0.416 e. The van der Waals surface area contributed by atoms with Gasteiger partial charge in [-0.05, 0) is 24.3 Å². The number of benzene rings is 2. The van der Waals surface area contributed by atoms with Crippen molar-refractivity contribution in [3.63, 3.8) is 0 Å². The zero-order valence-corrected chi connectivity index (χ0v) is 14.8. The van der Waals surface area contributed by atoms with Crippen LogP contribution >= 0.6 is 15.9 Å². The van der Waals surface area contributed by atoms with E-state index in [1.165, 1.54) is 6.07 Å². The molecule has 27 heavy (non-hydrogen) atoms. The highest BCUT2D eigenvalue weighted by Gasteiger charge is 2.33. The summed E-state index contributed by atoms with van der Waals surface area (Å²) in [6.45, 7) is -0.872. The predicted octanol–water partition coefficient (Wildman–Crippen LogP) is 4.44. The van der Waals surface area contributed by atoms with Crippen molar-refractivity contribution in [1.82, 2.24) is 0 Å². The van der Waals surface area contributed by atoms with Crippen LogP contribution in [-0.4, -0.2) is 29.5 Å². The highest BCUT2D eigenvalue weighted by molar-refractivity contribution is 9.10. The summed E-state index contributed by atoms with van der Waals surface area (Å²) >= 11 is 3.00. The van der Waals surface area contributed by atoms with Crippen LogP contribution in [0.5, 0.6) is 11.5 Å². The fraction of sp³-hybridized carbons (Fsp3) is 0.250. The number of nitrogens with one attached hydrogen (secondary N) is 1. The van der Waals surface area contributed by atoms with E-state index >= 15 is 0 Å². The van der Waals surface area contributed by atoms with Gasteiger partial charge < -0.3 is 20.3 Å². The molecule has 0 saturated heterocycles. The smallest absolute Gasteiger partial charge is 0.416 e. The van der Waals surface area contributed by atoms with Crippen LogP contribution in [-0.2, 0) is 6.18 Å². The van der Waals surface area contributed by atoms with E-state index in [1.807, 2.05) is 0 Å². The van der Waals surface area contributed by atoms with E-state index in [-0.39, 0.29) is 28.8 Å². The average molecular weight is 460 g/mol. The molecule has 0 saturated carbocycles. The van der Waals surface area contributed by atoms with Crippen LogP contribution in [0.15, 0.2) is 28.7 Å². The number of halogens is 7. The van der Waals surface area contributed by atoms with Gasteiger partial charge in [0.05, 0.1) is 24.0 Å². The van der Waals surface area contributed by atoms with E-state index in [1.54, 1.807) is 0 Å². The molecule has 0 aromatic heterocycles. The number of aliphatic hydroxyl groups excluding tert-OH is 2. The van der Waals surface area contributed by atoms with Gasteiger partial charge in [-0.3, -0.25) is 0 Å². The predicted molar refractivity (Wildman–Crippen MR) is 87.1 cm³/mol. The zero-order valence-electron chi connectivity index (χ0n) is 13.2. The Morgan fingerprint density at radius 2 is 1.56 bits per heavy atom. The van der Waals surface area contributed by atoms with Crippen molar-refractivity contribution in [1.29, 1.82) is 0 Å². The number of rotatable bonds is 6. The van der Waals surface area contributed by atoms with E-state index in [2.05, 4.69) is 21.2 Å². The lowest BCUT2D eigenvalue weighted by Gasteiger charge is -2.17. The van der Waals surface area contributed by atoms with Crippen LogP contribution in [0.1, 0.15) is 5.56 Å². The third kappa shape index (κ3) is 5.27. The Labute approximate surface area is 157 Å². The van der Waals surface area contributed by atoms with Gasteiger partial charge in [0.15, 0.2) is 29.0 Å². The van der Waals surface area contributed by atoms with Crippen molar-refractivity contribution in [3.05, 3.63) is 51.8 Å². The summed E-state index contributed by atoms with van der Waals surface area (Å²) < 4.78 is 85.0. The molecule has 2 aromatic rings. The maximum absolute atomic E-state index is 14.2. The van der Waals surface area contributed by atoms with Gasteiger partial charge in [0, 0.05) is 11.0 Å². The zero-order chi connectivity index (χ0) is 20.4. The molecule has 148 valence electrons. The van der Waals surface area contributed by atoms with Gasteiger partial charge in [0.2, 0.25) is 0 Å². The van der Waals surface area contributed by atoms with E-state index in [0.717, 1.165) is 6.07 Å². The van der Waals surface area contributed by atoms with Gasteiger partial charge in [-0.2, -0.15) is 13.2 Å².